The quantitative estimate of drug-likeness (QED) is 0.760. The lowest BCUT2D eigenvalue weighted by Crippen LogP contribution is -2.11. The number of fused-ring (bicyclic) bond motifs is 1. The summed E-state index contributed by atoms with van der Waals surface area (Å²) in [5.74, 6) is 1.71. The van der Waals surface area contributed by atoms with Gasteiger partial charge in [0.15, 0.2) is 0 Å². The number of benzene rings is 1. The summed E-state index contributed by atoms with van der Waals surface area (Å²) in [6, 6.07) is 7.22. The van der Waals surface area contributed by atoms with Crippen LogP contribution in [0.3, 0.4) is 0 Å². The highest BCUT2D eigenvalue weighted by molar-refractivity contribution is 5.92. The van der Waals surface area contributed by atoms with Crippen LogP contribution in [0.1, 0.15) is 20.3 Å². The van der Waals surface area contributed by atoms with Gasteiger partial charge in [0.2, 0.25) is 0 Å². The SMILES string of the molecule is CC(C)CCOCCNc1nccc2ccc(O)cc12. The lowest BCUT2D eigenvalue weighted by molar-refractivity contribution is 0.132. The Hall–Kier alpha value is -1.81. The Kier molecular flexibility index (Phi) is 5.18. The van der Waals surface area contributed by atoms with Gasteiger partial charge in [-0.25, -0.2) is 4.98 Å². The molecule has 1 aromatic heterocycles. The standard InChI is InChI=1S/C16H22N2O2/c1-12(2)6-9-20-10-8-18-16-15-11-14(19)4-3-13(15)5-7-17-16/h3-5,7,11-12,19H,6,8-10H2,1-2H3,(H,17,18). The van der Waals surface area contributed by atoms with E-state index in [4.69, 9.17) is 4.74 Å². The molecule has 4 nitrogen and oxygen atoms in total. The third kappa shape index (κ3) is 4.10. The van der Waals surface area contributed by atoms with Crippen LogP contribution in [0.4, 0.5) is 5.82 Å². The second kappa shape index (κ2) is 7.10. The summed E-state index contributed by atoms with van der Waals surface area (Å²) in [5.41, 5.74) is 0. The topological polar surface area (TPSA) is 54.4 Å². The van der Waals surface area contributed by atoms with Crippen LogP contribution in [0, 0.1) is 5.92 Å². The summed E-state index contributed by atoms with van der Waals surface area (Å²) >= 11 is 0. The smallest absolute Gasteiger partial charge is 0.134 e. The molecule has 0 fully saturated rings. The van der Waals surface area contributed by atoms with Gasteiger partial charge in [0.1, 0.15) is 11.6 Å². The molecule has 0 aliphatic rings. The molecule has 1 aromatic carbocycles. The largest absolute Gasteiger partial charge is 0.508 e. The fourth-order valence-electron chi connectivity index (χ4n) is 1.96. The van der Waals surface area contributed by atoms with E-state index in [1.54, 1.807) is 18.3 Å². The molecular weight excluding hydrogens is 252 g/mol. The van der Waals surface area contributed by atoms with Crippen LogP contribution >= 0.6 is 0 Å². The first-order valence-electron chi connectivity index (χ1n) is 7.06. The average molecular weight is 274 g/mol. The Morgan fingerprint density at radius 2 is 2.10 bits per heavy atom. The fourth-order valence-corrected chi connectivity index (χ4v) is 1.96. The van der Waals surface area contributed by atoms with Crippen molar-refractivity contribution in [1.29, 1.82) is 0 Å². The molecule has 0 unspecified atom stereocenters. The third-order valence-corrected chi connectivity index (χ3v) is 3.13. The number of pyridine rings is 1. The van der Waals surface area contributed by atoms with E-state index in [2.05, 4.69) is 24.1 Å². The first kappa shape index (κ1) is 14.6. The van der Waals surface area contributed by atoms with Crippen LogP contribution < -0.4 is 5.32 Å². The van der Waals surface area contributed by atoms with E-state index in [1.807, 2.05) is 12.1 Å². The normalized spacial score (nSPS) is 11.2. The minimum absolute atomic E-state index is 0.252. The van der Waals surface area contributed by atoms with Crippen molar-refractivity contribution in [3.05, 3.63) is 30.5 Å². The lowest BCUT2D eigenvalue weighted by atomic mass is 10.1. The van der Waals surface area contributed by atoms with E-state index >= 15 is 0 Å². The van der Waals surface area contributed by atoms with Gasteiger partial charge in [0, 0.05) is 24.7 Å². The maximum absolute atomic E-state index is 9.57. The van der Waals surface area contributed by atoms with Crippen molar-refractivity contribution in [3.63, 3.8) is 0 Å². The first-order valence-corrected chi connectivity index (χ1v) is 7.06. The van der Waals surface area contributed by atoms with Gasteiger partial charge in [0.25, 0.3) is 0 Å². The summed E-state index contributed by atoms with van der Waals surface area (Å²) in [6.45, 7) is 6.54. The molecule has 2 rings (SSSR count). The highest BCUT2D eigenvalue weighted by Crippen LogP contribution is 2.24. The number of aromatic hydroxyl groups is 1. The number of nitrogens with one attached hydrogen (secondary N) is 1. The van der Waals surface area contributed by atoms with E-state index in [9.17, 15) is 5.11 Å². The molecule has 0 amide bonds. The Labute approximate surface area is 119 Å². The van der Waals surface area contributed by atoms with Crippen molar-refractivity contribution in [1.82, 2.24) is 4.98 Å². The molecule has 0 radical (unpaired) electrons. The van der Waals surface area contributed by atoms with Gasteiger partial charge >= 0.3 is 0 Å². The van der Waals surface area contributed by atoms with Crippen molar-refractivity contribution in [2.75, 3.05) is 25.1 Å². The van der Waals surface area contributed by atoms with Crippen LogP contribution in [0.25, 0.3) is 10.8 Å². The Bertz CT molecular complexity index is 555. The molecule has 20 heavy (non-hydrogen) atoms. The molecule has 0 spiro atoms. The minimum atomic E-state index is 0.252. The van der Waals surface area contributed by atoms with Gasteiger partial charge < -0.3 is 15.2 Å². The number of phenolic OH excluding ortho intramolecular Hbond substituents is 1. The molecule has 0 saturated heterocycles. The molecule has 0 bridgehead atoms. The predicted octanol–water partition coefficient (Wildman–Crippen LogP) is 3.42. The van der Waals surface area contributed by atoms with Gasteiger partial charge in [-0.15, -0.1) is 0 Å². The van der Waals surface area contributed by atoms with Crippen molar-refractivity contribution in [3.8, 4) is 5.75 Å². The number of hydrogen-bond acceptors (Lipinski definition) is 4. The van der Waals surface area contributed by atoms with E-state index in [0.717, 1.165) is 29.6 Å². The molecule has 108 valence electrons. The number of hydrogen-bond donors (Lipinski definition) is 2. The molecular formula is C16H22N2O2. The Balaban J connectivity index is 1.88. The minimum Gasteiger partial charge on any atom is -0.508 e. The van der Waals surface area contributed by atoms with Crippen LogP contribution in [0.5, 0.6) is 5.75 Å². The van der Waals surface area contributed by atoms with Crippen molar-refractivity contribution in [2.45, 2.75) is 20.3 Å². The Morgan fingerprint density at radius 3 is 2.90 bits per heavy atom. The van der Waals surface area contributed by atoms with Gasteiger partial charge in [-0.3, -0.25) is 0 Å². The van der Waals surface area contributed by atoms with Crippen molar-refractivity contribution < 1.29 is 9.84 Å². The summed E-state index contributed by atoms with van der Waals surface area (Å²) in [5, 5.41) is 14.8. The lowest BCUT2D eigenvalue weighted by Gasteiger charge is -2.10. The van der Waals surface area contributed by atoms with Gasteiger partial charge in [-0.05, 0) is 35.9 Å². The van der Waals surface area contributed by atoms with Crippen molar-refractivity contribution >= 4 is 16.6 Å². The second-order valence-electron chi connectivity index (χ2n) is 5.29. The number of phenols is 1. The highest BCUT2D eigenvalue weighted by Gasteiger charge is 2.03. The molecule has 0 aliphatic heterocycles. The number of nitrogens with zero attached hydrogens (tertiary/aromatic N) is 1. The number of ether oxygens (including phenoxy) is 1. The highest BCUT2D eigenvalue weighted by atomic mass is 16.5. The predicted molar refractivity (Wildman–Crippen MR) is 82.2 cm³/mol. The fraction of sp³-hybridized carbons (Fsp3) is 0.438. The second-order valence-corrected chi connectivity index (χ2v) is 5.29. The van der Waals surface area contributed by atoms with E-state index < -0.39 is 0 Å². The van der Waals surface area contributed by atoms with E-state index in [1.165, 1.54) is 0 Å². The summed E-state index contributed by atoms with van der Waals surface area (Å²) in [6.07, 6.45) is 2.85. The van der Waals surface area contributed by atoms with Crippen LogP contribution in [0.15, 0.2) is 30.5 Å². The van der Waals surface area contributed by atoms with Crippen molar-refractivity contribution in [2.24, 2.45) is 5.92 Å². The van der Waals surface area contributed by atoms with E-state index in [-0.39, 0.29) is 5.75 Å². The zero-order valence-corrected chi connectivity index (χ0v) is 12.1. The van der Waals surface area contributed by atoms with Gasteiger partial charge in [-0.1, -0.05) is 19.9 Å². The number of aromatic nitrogens is 1. The number of rotatable bonds is 7. The molecule has 4 heteroatoms. The van der Waals surface area contributed by atoms with Crippen LogP contribution in [0.2, 0.25) is 0 Å². The summed E-state index contributed by atoms with van der Waals surface area (Å²) in [4.78, 5) is 4.32. The van der Waals surface area contributed by atoms with Crippen LogP contribution in [-0.2, 0) is 4.74 Å². The molecule has 0 aliphatic carbocycles. The van der Waals surface area contributed by atoms with Crippen LogP contribution in [-0.4, -0.2) is 29.8 Å². The van der Waals surface area contributed by atoms with Gasteiger partial charge in [-0.2, -0.15) is 0 Å². The monoisotopic (exact) mass is 274 g/mol. The first-order chi connectivity index (χ1) is 9.66. The summed E-state index contributed by atoms with van der Waals surface area (Å²) in [7, 11) is 0. The third-order valence-electron chi connectivity index (χ3n) is 3.13. The summed E-state index contributed by atoms with van der Waals surface area (Å²) < 4.78 is 5.56. The number of anilines is 1. The average Bonchev–Trinajstić information content (AvgIpc) is 2.42. The maximum atomic E-state index is 9.57. The molecule has 2 N–H and O–H groups in total. The Morgan fingerprint density at radius 1 is 1.25 bits per heavy atom. The molecule has 2 aromatic rings. The van der Waals surface area contributed by atoms with Gasteiger partial charge in [0.05, 0.1) is 6.61 Å². The zero-order valence-electron chi connectivity index (χ0n) is 12.1. The molecule has 0 atom stereocenters. The maximum Gasteiger partial charge on any atom is 0.134 e. The molecule has 0 saturated carbocycles. The van der Waals surface area contributed by atoms with E-state index in [0.29, 0.717) is 19.1 Å². The zero-order chi connectivity index (χ0) is 14.4. The molecule has 1 heterocycles.